The highest BCUT2D eigenvalue weighted by atomic mass is 16.5. The molecule has 0 heterocycles. The largest absolute Gasteiger partial charge is 0.493 e. The lowest BCUT2D eigenvalue weighted by Crippen LogP contribution is -2.20. The van der Waals surface area contributed by atoms with Gasteiger partial charge >= 0.3 is 0 Å². The van der Waals surface area contributed by atoms with Crippen LogP contribution in [-0.2, 0) is 4.74 Å². The maximum atomic E-state index is 5.79. The summed E-state index contributed by atoms with van der Waals surface area (Å²) in [5, 5.41) is 3.63. The summed E-state index contributed by atoms with van der Waals surface area (Å²) < 4.78 is 10.8. The molecule has 3 heteroatoms. The molecule has 1 aromatic rings. The van der Waals surface area contributed by atoms with E-state index in [9.17, 15) is 0 Å². The molecule has 106 valence electrons. The summed E-state index contributed by atoms with van der Waals surface area (Å²) >= 11 is 0. The Labute approximate surface area is 116 Å². The fourth-order valence-corrected chi connectivity index (χ4v) is 2.20. The lowest BCUT2D eigenvalue weighted by molar-refractivity contribution is 0.172. The second kappa shape index (κ2) is 6.92. The molecule has 2 rings (SSSR count). The van der Waals surface area contributed by atoms with Crippen LogP contribution in [0.5, 0.6) is 5.75 Å². The van der Waals surface area contributed by atoms with Crippen LogP contribution in [0.15, 0.2) is 18.2 Å². The number of ether oxygens (including phenoxy) is 2. The molecule has 1 unspecified atom stereocenters. The minimum absolute atomic E-state index is 0.397. The van der Waals surface area contributed by atoms with Crippen LogP contribution in [-0.4, -0.2) is 26.4 Å². The highest BCUT2D eigenvalue weighted by molar-refractivity contribution is 5.35. The summed E-state index contributed by atoms with van der Waals surface area (Å²) in [6, 6.07) is 7.61. The summed E-state index contributed by atoms with van der Waals surface area (Å²) in [6.45, 7) is 5.80. The van der Waals surface area contributed by atoms with Crippen molar-refractivity contribution >= 4 is 0 Å². The summed E-state index contributed by atoms with van der Waals surface area (Å²) in [5.41, 5.74) is 2.57. The summed E-state index contributed by atoms with van der Waals surface area (Å²) in [6.07, 6.45) is 3.56. The molecule has 0 radical (unpaired) electrons. The average molecular weight is 263 g/mol. The van der Waals surface area contributed by atoms with E-state index in [-0.39, 0.29) is 0 Å². The Bertz CT molecular complexity index is 402. The van der Waals surface area contributed by atoms with Crippen molar-refractivity contribution in [2.45, 2.75) is 45.2 Å². The lowest BCUT2D eigenvalue weighted by Gasteiger charge is -2.16. The van der Waals surface area contributed by atoms with Gasteiger partial charge < -0.3 is 14.8 Å². The zero-order valence-electron chi connectivity index (χ0n) is 12.2. The second-order valence-corrected chi connectivity index (χ2v) is 5.44. The van der Waals surface area contributed by atoms with Crippen molar-refractivity contribution in [3.8, 4) is 5.75 Å². The van der Waals surface area contributed by atoms with Gasteiger partial charge in [0, 0.05) is 32.2 Å². The number of methoxy groups -OCH3 is 1. The molecule has 1 aromatic carbocycles. The third-order valence-electron chi connectivity index (χ3n) is 3.40. The quantitative estimate of drug-likeness (QED) is 0.730. The van der Waals surface area contributed by atoms with Gasteiger partial charge in [0.15, 0.2) is 0 Å². The van der Waals surface area contributed by atoms with Gasteiger partial charge in [-0.05, 0) is 49.9 Å². The number of nitrogens with one attached hydrogen (secondary N) is 1. The molecule has 0 bridgehead atoms. The van der Waals surface area contributed by atoms with E-state index in [4.69, 9.17) is 9.47 Å². The van der Waals surface area contributed by atoms with Gasteiger partial charge in [-0.15, -0.1) is 0 Å². The predicted octanol–water partition coefficient (Wildman–Crippen LogP) is 3.22. The molecular formula is C16H25NO2. The van der Waals surface area contributed by atoms with Gasteiger partial charge in [0.1, 0.15) is 5.75 Å². The molecule has 0 spiro atoms. The number of aryl methyl sites for hydroxylation is 1. The fourth-order valence-electron chi connectivity index (χ4n) is 2.20. The Balaban J connectivity index is 1.93. The van der Waals surface area contributed by atoms with Crippen LogP contribution in [0, 0.1) is 6.92 Å². The highest BCUT2D eigenvalue weighted by Crippen LogP contribution is 2.26. The minimum atomic E-state index is 0.397. The standard InChI is InChI=1S/C16H25NO2/c1-12-9-14(13(2)17-15-5-6-15)11-16(10-12)19-8-4-7-18-3/h9-11,13,15,17H,4-8H2,1-3H3. The zero-order valence-corrected chi connectivity index (χ0v) is 12.2. The molecule has 1 N–H and O–H groups in total. The second-order valence-electron chi connectivity index (χ2n) is 5.44. The first-order chi connectivity index (χ1) is 9.19. The predicted molar refractivity (Wildman–Crippen MR) is 77.7 cm³/mol. The molecule has 0 saturated heterocycles. The van der Waals surface area contributed by atoms with E-state index in [0.29, 0.717) is 12.6 Å². The topological polar surface area (TPSA) is 30.5 Å². The molecule has 19 heavy (non-hydrogen) atoms. The maximum absolute atomic E-state index is 5.79. The van der Waals surface area contributed by atoms with Crippen molar-refractivity contribution < 1.29 is 9.47 Å². The first kappa shape index (κ1) is 14.4. The van der Waals surface area contributed by atoms with Crippen molar-refractivity contribution in [2.24, 2.45) is 0 Å². The Morgan fingerprint density at radius 1 is 1.26 bits per heavy atom. The van der Waals surface area contributed by atoms with Crippen LogP contribution < -0.4 is 10.1 Å². The summed E-state index contributed by atoms with van der Waals surface area (Å²) in [5.74, 6) is 0.968. The van der Waals surface area contributed by atoms with Gasteiger partial charge in [0.25, 0.3) is 0 Å². The Morgan fingerprint density at radius 2 is 2.05 bits per heavy atom. The summed E-state index contributed by atoms with van der Waals surface area (Å²) in [7, 11) is 1.72. The Morgan fingerprint density at radius 3 is 2.74 bits per heavy atom. The number of rotatable bonds is 8. The zero-order chi connectivity index (χ0) is 13.7. The van der Waals surface area contributed by atoms with Crippen molar-refractivity contribution in [1.29, 1.82) is 0 Å². The van der Waals surface area contributed by atoms with Crippen molar-refractivity contribution in [2.75, 3.05) is 20.3 Å². The Hall–Kier alpha value is -1.06. The van der Waals surface area contributed by atoms with Gasteiger partial charge in [-0.2, -0.15) is 0 Å². The van der Waals surface area contributed by atoms with Gasteiger partial charge in [-0.25, -0.2) is 0 Å². The SMILES string of the molecule is COCCCOc1cc(C)cc(C(C)NC2CC2)c1. The van der Waals surface area contributed by atoms with E-state index in [1.165, 1.54) is 24.0 Å². The third-order valence-corrected chi connectivity index (χ3v) is 3.40. The van der Waals surface area contributed by atoms with Crippen molar-refractivity contribution in [3.63, 3.8) is 0 Å². The van der Waals surface area contributed by atoms with Crippen LogP contribution in [0.2, 0.25) is 0 Å². The molecule has 1 saturated carbocycles. The highest BCUT2D eigenvalue weighted by Gasteiger charge is 2.23. The lowest BCUT2D eigenvalue weighted by atomic mass is 10.1. The first-order valence-electron chi connectivity index (χ1n) is 7.18. The van der Waals surface area contributed by atoms with E-state index in [0.717, 1.165) is 24.8 Å². The molecule has 1 atom stereocenters. The van der Waals surface area contributed by atoms with Gasteiger partial charge in [0.2, 0.25) is 0 Å². The molecular weight excluding hydrogens is 238 g/mol. The van der Waals surface area contributed by atoms with Crippen LogP contribution in [0.3, 0.4) is 0 Å². The number of hydrogen-bond donors (Lipinski definition) is 1. The normalized spacial score (nSPS) is 16.4. The van der Waals surface area contributed by atoms with E-state index in [1.807, 2.05) is 0 Å². The first-order valence-corrected chi connectivity index (χ1v) is 7.18. The summed E-state index contributed by atoms with van der Waals surface area (Å²) in [4.78, 5) is 0. The molecule has 0 amide bonds. The Kier molecular flexibility index (Phi) is 5.23. The van der Waals surface area contributed by atoms with E-state index < -0.39 is 0 Å². The molecule has 0 aliphatic heterocycles. The third kappa shape index (κ3) is 4.84. The van der Waals surface area contributed by atoms with E-state index in [1.54, 1.807) is 7.11 Å². The number of benzene rings is 1. The molecule has 1 aliphatic rings. The minimum Gasteiger partial charge on any atom is -0.493 e. The monoisotopic (exact) mass is 263 g/mol. The van der Waals surface area contributed by atoms with Crippen LogP contribution in [0.1, 0.15) is 43.4 Å². The number of hydrogen-bond acceptors (Lipinski definition) is 3. The van der Waals surface area contributed by atoms with Crippen LogP contribution in [0.25, 0.3) is 0 Å². The van der Waals surface area contributed by atoms with Crippen LogP contribution in [0.4, 0.5) is 0 Å². The fraction of sp³-hybridized carbons (Fsp3) is 0.625. The molecule has 1 aliphatic carbocycles. The van der Waals surface area contributed by atoms with Crippen molar-refractivity contribution in [3.05, 3.63) is 29.3 Å². The van der Waals surface area contributed by atoms with Gasteiger partial charge in [0.05, 0.1) is 6.61 Å². The van der Waals surface area contributed by atoms with E-state index in [2.05, 4.69) is 37.4 Å². The van der Waals surface area contributed by atoms with Crippen LogP contribution >= 0.6 is 0 Å². The smallest absolute Gasteiger partial charge is 0.119 e. The molecule has 3 nitrogen and oxygen atoms in total. The van der Waals surface area contributed by atoms with E-state index >= 15 is 0 Å². The average Bonchev–Trinajstić information content (AvgIpc) is 3.18. The molecule has 0 aromatic heterocycles. The maximum Gasteiger partial charge on any atom is 0.119 e. The molecule has 1 fully saturated rings. The van der Waals surface area contributed by atoms with Gasteiger partial charge in [-0.3, -0.25) is 0 Å². The van der Waals surface area contributed by atoms with Gasteiger partial charge in [-0.1, -0.05) is 6.07 Å². The van der Waals surface area contributed by atoms with Crippen molar-refractivity contribution in [1.82, 2.24) is 5.32 Å².